The molecule has 0 heterocycles. The second-order valence-corrected chi connectivity index (χ2v) is 6.24. The molecule has 0 bridgehead atoms. The quantitative estimate of drug-likeness (QED) is 0.615. The molecule has 2 rings (SSSR count). The summed E-state index contributed by atoms with van der Waals surface area (Å²) in [7, 11) is 0. The summed E-state index contributed by atoms with van der Waals surface area (Å²) in [6.45, 7) is -0.470. The normalized spacial score (nSPS) is 22.5. The SMILES string of the molecule is CCC[C@H]1CC[C@H](CCc2ccc(OC(F)F)cc2)CC1. The molecule has 21 heavy (non-hydrogen) atoms. The van der Waals surface area contributed by atoms with Crippen molar-refractivity contribution in [2.24, 2.45) is 11.8 Å². The standard InChI is InChI=1S/C18H26F2O/c1-2-3-14-4-6-15(7-5-14)8-9-16-10-12-17(13-11-16)21-18(19)20/h10-15,18H,2-9H2,1H3/t14-,15-. The molecule has 0 aliphatic heterocycles. The van der Waals surface area contributed by atoms with Gasteiger partial charge < -0.3 is 4.74 Å². The van der Waals surface area contributed by atoms with Crippen LogP contribution >= 0.6 is 0 Å². The number of hydrogen-bond donors (Lipinski definition) is 0. The zero-order chi connectivity index (χ0) is 15.1. The molecule has 1 saturated carbocycles. The zero-order valence-corrected chi connectivity index (χ0v) is 12.9. The van der Waals surface area contributed by atoms with E-state index in [0.29, 0.717) is 0 Å². The van der Waals surface area contributed by atoms with Crippen LogP contribution in [-0.4, -0.2) is 6.61 Å². The topological polar surface area (TPSA) is 9.23 Å². The predicted molar refractivity (Wildman–Crippen MR) is 81.8 cm³/mol. The van der Waals surface area contributed by atoms with E-state index in [-0.39, 0.29) is 5.75 Å². The number of alkyl halides is 2. The third-order valence-electron chi connectivity index (χ3n) is 4.65. The lowest BCUT2D eigenvalue weighted by molar-refractivity contribution is -0.0498. The third-order valence-corrected chi connectivity index (χ3v) is 4.65. The molecular weight excluding hydrogens is 270 g/mol. The monoisotopic (exact) mass is 296 g/mol. The lowest BCUT2D eigenvalue weighted by Crippen LogP contribution is -2.15. The van der Waals surface area contributed by atoms with E-state index in [9.17, 15) is 8.78 Å². The van der Waals surface area contributed by atoms with Gasteiger partial charge in [0.05, 0.1) is 0 Å². The summed E-state index contributed by atoms with van der Waals surface area (Å²) in [5.74, 6) is 2.04. The molecule has 0 unspecified atom stereocenters. The van der Waals surface area contributed by atoms with Crippen LogP contribution in [0, 0.1) is 11.8 Å². The molecule has 1 aliphatic carbocycles. The van der Waals surface area contributed by atoms with Crippen molar-refractivity contribution in [1.29, 1.82) is 0 Å². The Balaban J connectivity index is 1.71. The maximum atomic E-state index is 12.1. The van der Waals surface area contributed by atoms with Gasteiger partial charge in [-0.15, -0.1) is 0 Å². The van der Waals surface area contributed by atoms with Crippen LogP contribution in [0.2, 0.25) is 0 Å². The highest BCUT2D eigenvalue weighted by Crippen LogP contribution is 2.33. The van der Waals surface area contributed by atoms with Crippen molar-refractivity contribution >= 4 is 0 Å². The maximum absolute atomic E-state index is 12.1. The molecule has 1 fully saturated rings. The summed E-state index contributed by atoms with van der Waals surface area (Å²) in [4.78, 5) is 0. The largest absolute Gasteiger partial charge is 0.435 e. The number of benzene rings is 1. The van der Waals surface area contributed by atoms with E-state index >= 15 is 0 Å². The van der Waals surface area contributed by atoms with Gasteiger partial charge in [-0.1, -0.05) is 57.6 Å². The molecule has 0 aromatic heterocycles. The van der Waals surface area contributed by atoms with Gasteiger partial charge in [-0.25, -0.2) is 0 Å². The minimum absolute atomic E-state index is 0.244. The first-order valence-electron chi connectivity index (χ1n) is 8.21. The van der Waals surface area contributed by atoms with Crippen LogP contribution in [0.4, 0.5) is 8.78 Å². The Bertz CT molecular complexity index is 394. The molecule has 3 heteroatoms. The number of ether oxygens (including phenoxy) is 1. The molecule has 0 saturated heterocycles. The smallest absolute Gasteiger partial charge is 0.387 e. The summed E-state index contributed by atoms with van der Waals surface area (Å²) in [5.41, 5.74) is 1.22. The van der Waals surface area contributed by atoms with E-state index in [2.05, 4.69) is 11.7 Å². The highest BCUT2D eigenvalue weighted by atomic mass is 19.3. The second kappa shape index (κ2) is 8.35. The minimum Gasteiger partial charge on any atom is -0.435 e. The van der Waals surface area contributed by atoms with E-state index in [1.54, 1.807) is 12.1 Å². The Morgan fingerprint density at radius 3 is 2.10 bits per heavy atom. The van der Waals surface area contributed by atoms with Crippen molar-refractivity contribution in [3.05, 3.63) is 29.8 Å². The highest BCUT2D eigenvalue weighted by Gasteiger charge is 2.20. The first-order chi connectivity index (χ1) is 10.2. The fraction of sp³-hybridized carbons (Fsp3) is 0.667. The molecular formula is C18H26F2O. The van der Waals surface area contributed by atoms with E-state index in [4.69, 9.17) is 0 Å². The van der Waals surface area contributed by atoms with Gasteiger partial charge in [0.15, 0.2) is 0 Å². The van der Waals surface area contributed by atoms with Gasteiger partial charge in [-0.2, -0.15) is 8.78 Å². The molecule has 0 radical (unpaired) electrons. The molecule has 0 amide bonds. The average molecular weight is 296 g/mol. The van der Waals surface area contributed by atoms with Crippen molar-refractivity contribution in [1.82, 2.24) is 0 Å². The van der Waals surface area contributed by atoms with Crippen LogP contribution in [0.25, 0.3) is 0 Å². The Morgan fingerprint density at radius 1 is 1.00 bits per heavy atom. The first-order valence-corrected chi connectivity index (χ1v) is 8.21. The summed E-state index contributed by atoms with van der Waals surface area (Å²) >= 11 is 0. The van der Waals surface area contributed by atoms with Crippen LogP contribution < -0.4 is 4.74 Å². The first kappa shape index (κ1) is 16.3. The van der Waals surface area contributed by atoms with Gasteiger partial charge in [0, 0.05) is 0 Å². The third kappa shape index (κ3) is 5.64. The van der Waals surface area contributed by atoms with Crippen LogP contribution in [0.5, 0.6) is 5.75 Å². The number of aryl methyl sites for hydroxylation is 1. The molecule has 118 valence electrons. The van der Waals surface area contributed by atoms with Crippen molar-refractivity contribution < 1.29 is 13.5 Å². The molecule has 0 N–H and O–H groups in total. The highest BCUT2D eigenvalue weighted by molar-refractivity contribution is 5.27. The van der Waals surface area contributed by atoms with Crippen LogP contribution in [0.15, 0.2) is 24.3 Å². The Hall–Kier alpha value is -1.12. The van der Waals surface area contributed by atoms with Crippen LogP contribution in [0.1, 0.15) is 57.4 Å². The molecule has 1 aromatic rings. The average Bonchev–Trinajstić information content (AvgIpc) is 2.48. The van der Waals surface area contributed by atoms with E-state index in [0.717, 1.165) is 18.3 Å². The van der Waals surface area contributed by atoms with Crippen molar-refractivity contribution in [3.63, 3.8) is 0 Å². The molecule has 0 atom stereocenters. The summed E-state index contributed by atoms with van der Waals surface area (Å²) in [5, 5.41) is 0. The van der Waals surface area contributed by atoms with Crippen molar-refractivity contribution in [2.45, 2.75) is 64.9 Å². The van der Waals surface area contributed by atoms with Gasteiger partial charge in [0.25, 0.3) is 0 Å². The van der Waals surface area contributed by atoms with E-state index in [1.807, 2.05) is 12.1 Å². The Kier molecular flexibility index (Phi) is 6.47. The molecule has 1 aromatic carbocycles. The fourth-order valence-electron chi connectivity index (χ4n) is 3.43. The molecule has 1 aliphatic rings. The second-order valence-electron chi connectivity index (χ2n) is 6.24. The molecule has 0 spiro atoms. The zero-order valence-electron chi connectivity index (χ0n) is 12.9. The molecule has 1 nitrogen and oxygen atoms in total. The number of rotatable bonds is 7. The van der Waals surface area contributed by atoms with Gasteiger partial charge in [0.1, 0.15) is 5.75 Å². The van der Waals surface area contributed by atoms with Gasteiger partial charge >= 0.3 is 6.61 Å². The van der Waals surface area contributed by atoms with Crippen LogP contribution in [0.3, 0.4) is 0 Å². The fourth-order valence-corrected chi connectivity index (χ4v) is 3.43. The lowest BCUT2D eigenvalue weighted by Gasteiger charge is -2.28. The Morgan fingerprint density at radius 2 is 1.57 bits per heavy atom. The number of halogens is 2. The maximum Gasteiger partial charge on any atom is 0.387 e. The predicted octanol–water partition coefficient (Wildman–Crippen LogP) is 5.83. The van der Waals surface area contributed by atoms with Gasteiger partial charge in [-0.3, -0.25) is 0 Å². The Labute approximate surface area is 126 Å². The summed E-state index contributed by atoms with van der Waals surface area (Å²) in [6.07, 6.45) is 10.4. The van der Waals surface area contributed by atoms with Crippen molar-refractivity contribution in [3.8, 4) is 5.75 Å². The summed E-state index contributed by atoms with van der Waals surface area (Å²) < 4.78 is 28.5. The van der Waals surface area contributed by atoms with E-state index < -0.39 is 6.61 Å². The van der Waals surface area contributed by atoms with Crippen LogP contribution in [-0.2, 0) is 6.42 Å². The van der Waals surface area contributed by atoms with Gasteiger partial charge in [0.2, 0.25) is 0 Å². The van der Waals surface area contributed by atoms with Crippen molar-refractivity contribution in [2.75, 3.05) is 0 Å². The summed E-state index contributed by atoms with van der Waals surface area (Å²) in [6, 6.07) is 7.08. The van der Waals surface area contributed by atoms with E-state index in [1.165, 1.54) is 50.5 Å². The van der Waals surface area contributed by atoms with Gasteiger partial charge in [-0.05, 0) is 42.4 Å². The number of hydrogen-bond acceptors (Lipinski definition) is 1. The minimum atomic E-state index is -2.74. The lowest BCUT2D eigenvalue weighted by atomic mass is 9.78.